The van der Waals surface area contributed by atoms with Gasteiger partial charge in [-0.15, -0.1) is 30.5 Å². The van der Waals surface area contributed by atoms with Gasteiger partial charge in [0.1, 0.15) is 0 Å². The van der Waals surface area contributed by atoms with Gasteiger partial charge in [-0.2, -0.15) is 0 Å². The van der Waals surface area contributed by atoms with Crippen molar-refractivity contribution in [3.63, 3.8) is 0 Å². The Morgan fingerprint density at radius 1 is 1.50 bits per heavy atom. The molecule has 0 heterocycles. The fraction of sp³-hybridized carbons (Fsp3) is 0.556. The molecule has 3 heteroatoms. The van der Waals surface area contributed by atoms with Crippen molar-refractivity contribution in [3.8, 4) is 24.7 Å². The van der Waals surface area contributed by atoms with Crippen molar-refractivity contribution in [2.24, 2.45) is 5.92 Å². The summed E-state index contributed by atoms with van der Waals surface area (Å²) in [4.78, 5) is 9.19. The highest BCUT2D eigenvalue weighted by Gasteiger charge is 2.17. The molecule has 12 heavy (non-hydrogen) atoms. The van der Waals surface area contributed by atoms with E-state index < -0.39 is 8.15 Å². The molecule has 0 amide bonds. The van der Waals surface area contributed by atoms with Crippen molar-refractivity contribution >= 4 is 19.9 Å². The maximum absolute atomic E-state index is 9.19. The van der Waals surface area contributed by atoms with E-state index in [0.29, 0.717) is 6.16 Å². The highest BCUT2D eigenvalue weighted by molar-refractivity contribution is 7.99. The van der Waals surface area contributed by atoms with Gasteiger partial charge in [0.05, 0.1) is 5.25 Å². The smallest absolute Gasteiger partial charge is 0.0792 e. The van der Waals surface area contributed by atoms with E-state index in [1.54, 1.807) is 18.4 Å². The van der Waals surface area contributed by atoms with Crippen LogP contribution in [0.25, 0.3) is 0 Å². The van der Waals surface area contributed by atoms with Crippen molar-refractivity contribution < 1.29 is 4.89 Å². The maximum Gasteiger partial charge on any atom is 0.0792 e. The Morgan fingerprint density at radius 3 is 2.33 bits per heavy atom. The van der Waals surface area contributed by atoms with Gasteiger partial charge in [0.2, 0.25) is 0 Å². The molecule has 0 aliphatic carbocycles. The van der Waals surface area contributed by atoms with Gasteiger partial charge in [0.25, 0.3) is 0 Å². The normalized spacial score (nSPS) is 17.1. The molecule has 1 nitrogen and oxygen atoms in total. The third kappa shape index (κ3) is 4.03. The van der Waals surface area contributed by atoms with E-state index in [1.165, 1.54) is 0 Å². The van der Waals surface area contributed by atoms with Crippen LogP contribution in [0.15, 0.2) is 0 Å². The number of rotatable bonds is 4. The van der Waals surface area contributed by atoms with Crippen LogP contribution in [-0.2, 0) is 0 Å². The van der Waals surface area contributed by atoms with E-state index in [9.17, 15) is 4.89 Å². The van der Waals surface area contributed by atoms with Crippen LogP contribution in [0.3, 0.4) is 0 Å². The Labute approximate surface area is 80.2 Å². The van der Waals surface area contributed by atoms with Gasteiger partial charge in [-0.05, 0) is 12.9 Å². The van der Waals surface area contributed by atoms with E-state index >= 15 is 0 Å². The molecule has 0 saturated carbocycles. The number of terminal acetylenes is 2. The summed E-state index contributed by atoms with van der Waals surface area (Å²) in [6.45, 7) is 1.79. The second-order valence-corrected chi connectivity index (χ2v) is 5.10. The Morgan fingerprint density at radius 2 is 2.08 bits per heavy atom. The molecule has 0 aromatic carbocycles. The molecule has 0 rings (SSSR count). The van der Waals surface area contributed by atoms with E-state index in [1.807, 2.05) is 6.26 Å². The van der Waals surface area contributed by atoms with Crippen LogP contribution in [0.1, 0.15) is 0 Å². The van der Waals surface area contributed by atoms with E-state index in [4.69, 9.17) is 12.8 Å². The number of thioether (sulfide) groups is 1. The third-order valence-electron chi connectivity index (χ3n) is 1.46. The minimum absolute atomic E-state index is 0.00566. The zero-order valence-electron chi connectivity index (χ0n) is 7.32. The van der Waals surface area contributed by atoms with Crippen molar-refractivity contribution in [1.82, 2.24) is 0 Å². The lowest BCUT2D eigenvalue weighted by molar-refractivity contribution is 0.618. The predicted octanol–water partition coefficient (Wildman–Crippen LogP) is 1.62. The molecule has 0 aromatic rings. The quantitative estimate of drug-likeness (QED) is 0.549. The van der Waals surface area contributed by atoms with Crippen LogP contribution in [0, 0.1) is 30.6 Å². The second kappa shape index (κ2) is 6.38. The van der Waals surface area contributed by atoms with Gasteiger partial charge in [0, 0.05) is 20.2 Å². The fourth-order valence-electron chi connectivity index (χ4n) is 0.869. The summed E-state index contributed by atoms with van der Waals surface area (Å²) in [7, 11) is -0.941. The molecule has 0 saturated heterocycles. The van der Waals surface area contributed by atoms with Crippen molar-refractivity contribution in [2.75, 3.05) is 19.1 Å². The maximum atomic E-state index is 9.19. The Hall–Kier alpha value is -0.140. The van der Waals surface area contributed by atoms with Crippen LogP contribution >= 0.6 is 19.9 Å². The molecule has 0 spiro atoms. The summed E-state index contributed by atoms with van der Waals surface area (Å²) in [6.07, 6.45) is 13.2. The second-order valence-electron chi connectivity index (χ2n) is 2.44. The molecule has 1 N–H and O–H groups in total. The summed E-state index contributed by atoms with van der Waals surface area (Å²) in [5.41, 5.74) is 0. The fourth-order valence-corrected chi connectivity index (χ4v) is 2.54. The summed E-state index contributed by atoms with van der Waals surface area (Å²) in [6, 6.07) is 0. The van der Waals surface area contributed by atoms with E-state index in [2.05, 4.69) is 11.8 Å². The first-order valence-corrected chi connectivity index (χ1v) is 6.72. The van der Waals surface area contributed by atoms with Crippen molar-refractivity contribution in [1.29, 1.82) is 0 Å². The summed E-state index contributed by atoms with van der Waals surface area (Å²) in [5.74, 6) is 5.26. The van der Waals surface area contributed by atoms with Gasteiger partial charge in [-0.1, -0.05) is 5.92 Å². The predicted molar refractivity (Wildman–Crippen MR) is 58.4 cm³/mol. The topological polar surface area (TPSA) is 20.2 Å². The molecular formula is C9H13OPS. The zero-order chi connectivity index (χ0) is 9.56. The molecular weight excluding hydrogens is 187 g/mol. The van der Waals surface area contributed by atoms with Gasteiger partial charge in [-0.3, -0.25) is 0 Å². The molecule has 66 valence electrons. The Bertz CT molecular complexity index is 202. The Kier molecular flexibility index (Phi) is 6.31. The monoisotopic (exact) mass is 200 g/mol. The zero-order valence-corrected chi connectivity index (χ0v) is 9.03. The first kappa shape index (κ1) is 11.9. The summed E-state index contributed by atoms with van der Waals surface area (Å²) >= 11 is 1.57. The number of hydrogen-bond acceptors (Lipinski definition) is 2. The number of hydrogen-bond donors (Lipinski definition) is 1. The molecule has 0 radical (unpaired) electrons. The first-order chi connectivity index (χ1) is 5.65. The lowest BCUT2D eigenvalue weighted by Gasteiger charge is -2.16. The lowest BCUT2D eigenvalue weighted by Crippen LogP contribution is -2.16. The standard InChI is InChI=1S/C9H13OPS/c1-5-8(7-11(3)10)9(6-2)12-4/h1-2,8-10H,7H2,3-4H3. The van der Waals surface area contributed by atoms with E-state index in [0.717, 1.165) is 0 Å². The van der Waals surface area contributed by atoms with Crippen LogP contribution in [0.5, 0.6) is 0 Å². The van der Waals surface area contributed by atoms with Gasteiger partial charge in [0.15, 0.2) is 0 Å². The Balaban J connectivity index is 4.17. The highest BCUT2D eigenvalue weighted by atomic mass is 32.2. The SMILES string of the molecule is C#CC(CP(C)O)C(C#C)SC. The largest absolute Gasteiger partial charge is 0.374 e. The molecule has 0 aliphatic heterocycles. The lowest BCUT2D eigenvalue weighted by atomic mass is 10.1. The highest BCUT2D eigenvalue weighted by Crippen LogP contribution is 2.31. The third-order valence-corrected chi connectivity index (χ3v) is 3.35. The van der Waals surface area contributed by atoms with Crippen molar-refractivity contribution in [2.45, 2.75) is 5.25 Å². The average Bonchev–Trinajstić information content (AvgIpc) is 2.04. The molecule has 0 fully saturated rings. The minimum atomic E-state index is -0.941. The van der Waals surface area contributed by atoms with Crippen LogP contribution in [0.4, 0.5) is 0 Å². The summed E-state index contributed by atoms with van der Waals surface area (Å²) in [5, 5.41) is 0.0344. The molecule has 0 bridgehead atoms. The minimum Gasteiger partial charge on any atom is -0.374 e. The summed E-state index contributed by atoms with van der Waals surface area (Å²) < 4.78 is 0. The molecule has 0 aliphatic rings. The van der Waals surface area contributed by atoms with Crippen LogP contribution in [-0.4, -0.2) is 29.2 Å². The van der Waals surface area contributed by atoms with Gasteiger partial charge < -0.3 is 4.89 Å². The van der Waals surface area contributed by atoms with Gasteiger partial charge >= 0.3 is 0 Å². The van der Waals surface area contributed by atoms with Crippen LogP contribution < -0.4 is 0 Å². The van der Waals surface area contributed by atoms with E-state index in [-0.39, 0.29) is 11.2 Å². The molecule has 0 aromatic heterocycles. The molecule has 3 unspecified atom stereocenters. The average molecular weight is 200 g/mol. The van der Waals surface area contributed by atoms with Gasteiger partial charge in [-0.25, -0.2) is 0 Å². The first-order valence-electron chi connectivity index (χ1n) is 3.50. The van der Waals surface area contributed by atoms with Crippen LogP contribution in [0.2, 0.25) is 0 Å². The van der Waals surface area contributed by atoms with Crippen molar-refractivity contribution in [3.05, 3.63) is 0 Å². The molecule has 3 atom stereocenters.